The van der Waals surface area contributed by atoms with Gasteiger partial charge in [-0.05, 0) is 49.2 Å². The van der Waals surface area contributed by atoms with Gasteiger partial charge in [0.05, 0.1) is 0 Å². The molecule has 1 aliphatic rings. The molecule has 2 aromatic carbocycles. The molecule has 0 radical (unpaired) electrons. The molecule has 3 N–H and O–H groups in total. The second kappa shape index (κ2) is 7.20. The highest BCUT2D eigenvalue weighted by molar-refractivity contribution is 5.91. The van der Waals surface area contributed by atoms with Crippen molar-refractivity contribution in [3.05, 3.63) is 54.3 Å². The van der Waals surface area contributed by atoms with Gasteiger partial charge < -0.3 is 15.6 Å². The number of aromatic amines is 1. The molecule has 1 heterocycles. The summed E-state index contributed by atoms with van der Waals surface area (Å²) < 4.78 is 13.4. The smallest absolute Gasteiger partial charge is 0.319 e. The summed E-state index contributed by atoms with van der Waals surface area (Å²) in [6.07, 6.45) is 5.73. The number of nitrogens with one attached hydrogen (secondary N) is 3. The maximum absolute atomic E-state index is 13.4. The van der Waals surface area contributed by atoms with Gasteiger partial charge in [-0.2, -0.15) is 0 Å². The first kappa shape index (κ1) is 16.6. The van der Waals surface area contributed by atoms with Crippen molar-refractivity contribution in [2.75, 3.05) is 5.32 Å². The van der Waals surface area contributed by atoms with Crippen molar-refractivity contribution in [2.45, 2.75) is 38.1 Å². The molecule has 2 amide bonds. The number of aromatic nitrogens is 1. The first-order valence-corrected chi connectivity index (χ1v) is 9.14. The SMILES string of the molecule is O=C(Nc1cccc(-c2cc3cc(F)ccc3[nH]2)c1)NC1CCCCC1. The number of amides is 2. The summed E-state index contributed by atoms with van der Waals surface area (Å²) in [5.74, 6) is -0.252. The van der Waals surface area contributed by atoms with Gasteiger partial charge >= 0.3 is 6.03 Å². The third-order valence-electron chi connectivity index (χ3n) is 4.95. The van der Waals surface area contributed by atoms with E-state index >= 15 is 0 Å². The predicted molar refractivity (Wildman–Crippen MR) is 103 cm³/mol. The molecule has 3 aromatic rings. The molecule has 0 saturated heterocycles. The van der Waals surface area contributed by atoms with Gasteiger partial charge in [-0.25, -0.2) is 9.18 Å². The Labute approximate surface area is 151 Å². The van der Waals surface area contributed by atoms with Gasteiger partial charge in [0.1, 0.15) is 5.82 Å². The van der Waals surface area contributed by atoms with E-state index in [4.69, 9.17) is 0 Å². The lowest BCUT2D eigenvalue weighted by molar-refractivity contribution is 0.244. The zero-order valence-electron chi connectivity index (χ0n) is 14.5. The van der Waals surface area contributed by atoms with Gasteiger partial charge in [-0.1, -0.05) is 31.4 Å². The predicted octanol–water partition coefficient (Wildman–Crippen LogP) is 5.43. The van der Waals surface area contributed by atoms with Crippen LogP contribution in [0.1, 0.15) is 32.1 Å². The fourth-order valence-electron chi connectivity index (χ4n) is 3.62. The summed E-state index contributed by atoms with van der Waals surface area (Å²) >= 11 is 0. The topological polar surface area (TPSA) is 56.9 Å². The monoisotopic (exact) mass is 351 g/mol. The Kier molecular flexibility index (Phi) is 4.61. The number of urea groups is 1. The van der Waals surface area contributed by atoms with E-state index in [0.29, 0.717) is 0 Å². The van der Waals surface area contributed by atoms with Crippen molar-refractivity contribution < 1.29 is 9.18 Å². The number of carbonyl (C=O) groups excluding carboxylic acids is 1. The van der Waals surface area contributed by atoms with E-state index in [0.717, 1.165) is 40.7 Å². The van der Waals surface area contributed by atoms with Crippen LogP contribution in [-0.4, -0.2) is 17.1 Å². The fourth-order valence-corrected chi connectivity index (χ4v) is 3.62. The van der Waals surface area contributed by atoms with Crippen LogP contribution in [0.15, 0.2) is 48.5 Å². The molecule has 0 spiro atoms. The third-order valence-corrected chi connectivity index (χ3v) is 4.95. The highest BCUT2D eigenvalue weighted by Gasteiger charge is 2.15. The van der Waals surface area contributed by atoms with Crippen molar-refractivity contribution in [2.24, 2.45) is 0 Å². The molecule has 1 saturated carbocycles. The largest absolute Gasteiger partial charge is 0.355 e. The lowest BCUT2D eigenvalue weighted by atomic mass is 9.96. The summed E-state index contributed by atoms with van der Waals surface area (Å²) in [5.41, 5.74) is 3.45. The Bertz CT molecular complexity index is 928. The minimum atomic E-state index is -0.252. The van der Waals surface area contributed by atoms with Gasteiger partial charge in [0.2, 0.25) is 0 Å². The van der Waals surface area contributed by atoms with Crippen molar-refractivity contribution in [1.82, 2.24) is 10.3 Å². The number of H-pyrrole nitrogens is 1. The van der Waals surface area contributed by atoms with Gasteiger partial charge in [0.15, 0.2) is 0 Å². The number of carbonyl (C=O) groups is 1. The van der Waals surface area contributed by atoms with Crippen LogP contribution in [0.4, 0.5) is 14.9 Å². The molecular weight excluding hydrogens is 329 g/mol. The van der Waals surface area contributed by atoms with Crippen LogP contribution >= 0.6 is 0 Å². The van der Waals surface area contributed by atoms with E-state index in [1.165, 1.54) is 31.4 Å². The van der Waals surface area contributed by atoms with Gasteiger partial charge in [0, 0.05) is 33.9 Å². The second-order valence-corrected chi connectivity index (χ2v) is 6.93. The van der Waals surface area contributed by atoms with Crippen molar-refractivity contribution in [1.29, 1.82) is 0 Å². The standard InChI is InChI=1S/C21H22FN3O/c22-16-9-10-19-15(11-16)13-20(25-19)14-5-4-8-18(12-14)24-21(26)23-17-6-2-1-3-7-17/h4-5,8-13,17,25H,1-3,6-7H2,(H2,23,24,26). The molecule has 0 aliphatic heterocycles. The Morgan fingerprint density at radius 1 is 1.04 bits per heavy atom. The maximum Gasteiger partial charge on any atom is 0.319 e. The van der Waals surface area contributed by atoms with E-state index in [1.807, 2.05) is 30.3 Å². The number of fused-ring (bicyclic) bond motifs is 1. The van der Waals surface area contributed by atoms with E-state index in [2.05, 4.69) is 15.6 Å². The number of benzene rings is 2. The van der Waals surface area contributed by atoms with Crippen LogP contribution < -0.4 is 10.6 Å². The Morgan fingerprint density at radius 3 is 2.73 bits per heavy atom. The van der Waals surface area contributed by atoms with E-state index in [-0.39, 0.29) is 17.9 Å². The molecule has 0 atom stereocenters. The maximum atomic E-state index is 13.4. The lowest BCUT2D eigenvalue weighted by Crippen LogP contribution is -2.39. The van der Waals surface area contributed by atoms with E-state index < -0.39 is 0 Å². The van der Waals surface area contributed by atoms with Crippen LogP contribution in [0.25, 0.3) is 22.2 Å². The number of hydrogen-bond acceptors (Lipinski definition) is 1. The Hall–Kier alpha value is -2.82. The minimum Gasteiger partial charge on any atom is -0.355 e. The van der Waals surface area contributed by atoms with Crippen LogP contribution in [0, 0.1) is 5.82 Å². The normalized spacial score (nSPS) is 15.1. The summed E-state index contributed by atoms with van der Waals surface area (Å²) in [7, 11) is 0. The summed E-state index contributed by atoms with van der Waals surface area (Å²) in [5, 5.41) is 6.80. The summed E-state index contributed by atoms with van der Waals surface area (Å²) in [6.45, 7) is 0. The molecule has 4 rings (SSSR count). The quantitative estimate of drug-likeness (QED) is 0.579. The number of anilines is 1. The number of hydrogen-bond donors (Lipinski definition) is 3. The Morgan fingerprint density at radius 2 is 1.88 bits per heavy atom. The molecule has 1 fully saturated rings. The van der Waals surface area contributed by atoms with Crippen LogP contribution in [0.5, 0.6) is 0 Å². The van der Waals surface area contributed by atoms with Crippen molar-refractivity contribution in [3.63, 3.8) is 0 Å². The van der Waals surface area contributed by atoms with Gasteiger partial charge in [0.25, 0.3) is 0 Å². The molecule has 1 aliphatic carbocycles. The zero-order valence-corrected chi connectivity index (χ0v) is 14.5. The zero-order chi connectivity index (χ0) is 17.9. The molecule has 134 valence electrons. The summed E-state index contributed by atoms with van der Waals surface area (Å²) in [4.78, 5) is 15.5. The van der Waals surface area contributed by atoms with Crippen molar-refractivity contribution in [3.8, 4) is 11.3 Å². The van der Waals surface area contributed by atoms with E-state index in [9.17, 15) is 9.18 Å². The fraction of sp³-hybridized carbons (Fsp3) is 0.286. The highest BCUT2D eigenvalue weighted by Crippen LogP contribution is 2.26. The molecule has 5 heteroatoms. The van der Waals surface area contributed by atoms with E-state index in [1.54, 1.807) is 6.07 Å². The van der Waals surface area contributed by atoms with Crippen LogP contribution in [0.2, 0.25) is 0 Å². The Balaban J connectivity index is 1.49. The second-order valence-electron chi connectivity index (χ2n) is 6.93. The molecule has 4 nitrogen and oxygen atoms in total. The van der Waals surface area contributed by atoms with Crippen LogP contribution in [0.3, 0.4) is 0 Å². The first-order chi connectivity index (χ1) is 12.7. The molecular formula is C21H22FN3O. The third kappa shape index (κ3) is 3.72. The average Bonchev–Trinajstić information content (AvgIpc) is 3.06. The number of halogens is 1. The molecule has 0 bridgehead atoms. The molecule has 0 unspecified atom stereocenters. The van der Waals surface area contributed by atoms with Crippen molar-refractivity contribution >= 4 is 22.6 Å². The first-order valence-electron chi connectivity index (χ1n) is 9.14. The lowest BCUT2D eigenvalue weighted by Gasteiger charge is -2.22. The average molecular weight is 351 g/mol. The van der Waals surface area contributed by atoms with Crippen LogP contribution in [-0.2, 0) is 0 Å². The van der Waals surface area contributed by atoms with Gasteiger partial charge in [-0.15, -0.1) is 0 Å². The molecule has 1 aromatic heterocycles. The molecule has 26 heavy (non-hydrogen) atoms. The minimum absolute atomic E-state index is 0.159. The number of rotatable bonds is 3. The highest BCUT2D eigenvalue weighted by atomic mass is 19.1. The van der Waals surface area contributed by atoms with Gasteiger partial charge in [-0.3, -0.25) is 0 Å². The summed E-state index contributed by atoms with van der Waals surface area (Å²) in [6, 6.07) is 14.4.